The summed E-state index contributed by atoms with van der Waals surface area (Å²) in [4.78, 5) is 91.8. The second kappa shape index (κ2) is 15.4. The van der Waals surface area contributed by atoms with Crippen LogP contribution in [-0.2, 0) is 9.59 Å². The third-order valence-corrected chi connectivity index (χ3v) is 9.33. The number of nitrogens with one attached hydrogen (secondary N) is 3. The molecule has 6 amide bonds. The van der Waals surface area contributed by atoms with Crippen LogP contribution < -0.4 is 16.0 Å². The van der Waals surface area contributed by atoms with Gasteiger partial charge in [-0.25, -0.2) is 4.98 Å². The number of amides is 6. The van der Waals surface area contributed by atoms with Crippen LogP contribution in [0.5, 0.6) is 0 Å². The molecule has 0 bridgehead atoms. The first-order valence-electron chi connectivity index (χ1n) is 17.4. The normalized spacial score (nSPS) is 15.1. The second-order valence-corrected chi connectivity index (χ2v) is 12.9. The zero-order chi connectivity index (χ0) is 38.6. The highest BCUT2D eigenvalue weighted by molar-refractivity contribution is 6.24. The number of benzene rings is 3. The lowest BCUT2D eigenvalue weighted by atomic mass is 10.00. The van der Waals surface area contributed by atoms with Crippen molar-refractivity contribution in [3.05, 3.63) is 130 Å². The van der Waals surface area contributed by atoms with E-state index in [0.29, 0.717) is 54.2 Å². The van der Waals surface area contributed by atoms with Gasteiger partial charge in [-0.2, -0.15) is 0 Å². The van der Waals surface area contributed by atoms with Gasteiger partial charge >= 0.3 is 0 Å². The number of nitro groups is 1. The lowest BCUT2D eigenvalue weighted by Crippen LogP contribution is -2.54. The molecule has 15 nitrogen and oxygen atoms in total. The molecular formula is C40H32N6O9. The summed E-state index contributed by atoms with van der Waals surface area (Å²) in [6, 6.07) is 23.5. The van der Waals surface area contributed by atoms with Gasteiger partial charge in [0, 0.05) is 48.3 Å². The molecule has 55 heavy (non-hydrogen) atoms. The van der Waals surface area contributed by atoms with Gasteiger partial charge in [-0.05, 0) is 97.1 Å². The molecule has 15 heteroatoms. The van der Waals surface area contributed by atoms with Crippen molar-refractivity contribution in [3.8, 4) is 33.8 Å². The molecule has 5 aromatic rings. The molecule has 276 valence electrons. The number of carbonyl (C=O) groups excluding carboxylic acids is 6. The van der Waals surface area contributed by atoms with Crippen molar-refractivity contribution in [2.75, 3.05) is 13.1 Å². The van der Waals surface area contributed by atoms with E-state index in [9.17, 15) is 38.9 Å². The number of nitrogens with zero attached hydrogens (tertiary/aromatic N) is 3. The number of nitro benzene ring substituents is 1. The van der Waals surface area contributed by atoms with E-state index in [0.717, 1.165) is 16.0 Å². The predicted molar refractivity (Wildman–Crippen MR) is 196 cm³/mol. The average Bonchev–Trinajstić information content (AvgIpc) is 3.82. The highest BCUT2D eigenvalue weighted by Crippen LogP contribution is 2.32. The average molecular weight is 741 g/mol. The summed E-state index contributed by atoms with van der Waals surface area (Å²) >= 11 is 0. The second-order valence-electron chi connectivity index (χ2n) is 12.9. The summed E-state index contributed by atoms with van der Waals surface area (Å²) in [5.74, 6) is -2.68. The highest BCUT2D eigenvalue weighted by Gasteiger charge is 2.44. The molecule has 0 radical (unpaired) electrons. The summed E-state index contributed by atoms with van der Waals surface area (Å²) in [6.45, 7) is 0.654. The molecule has 1 atom stereocenters. The fourth-order valence-electron chi connectivity index (χ4n) is 6.43. The fourth-order valence-corrected chi connectivity index (χ4v) is 6.43. The number of unbranched alkanes of at least 4 members (excludes halogenated alkanes) is 1. The molecule has 1 saturated heterocycles. The van der Waals surface area contributed by atoms with Crippen LogP contribution in [-0.4, -0.2) is 69.4 Å². The lowest BCUT2D eigenvalue weighted by Gasteiger charge is -2.27. The number of fused-ring (bicyclic) bond motifs is 1. The van der Waals surface area contributed by atoms with E-state index < -0.39 is 40.5 Å². The summed E-state index contributed by atoms with van der Waals surface area (Å²) < 4.78 is 5.58. The maximum atomic E-state index is 13.1. The van der Waals surface area contributed by atoms with Crippen molar-refractivity contribution in [1.82, 2.24) is 25.8 Å². The molecule has 3 aromatic carbocycles. The quantitative estimate of drug-likeness (QED) is 0.0680. The van der Waals surface area contributed by atoms with Gasteiger partial charge in [0.25, 0.3) is 29.3 Å². The van der Waals surface area contributed by atoms with Crippen LogP contribution in [0.4, 0.5) is 5.69 Å². The van der Waals surface area contributed by atoms with Crippen molar-refractivity contribution in [2.24, 2.45) is 0 Å². The number of piperidine rings is 1. The zero-order valence-corrected chi connectivity index (χ0v) is 29.1. The Morgan fingerprint density at radius 1 is 0.782 bits per heavy atom. The van der Waals surface area contributed by atoms with Gasteiger partial charge in [-0.1, -0.05) is 12.1 Å². The Kier molecular flexibility index (Phi) is 10.1. The number of non-ortho nitro benzene ring substituents is 1. The third-order valence-electron chi connectivity index (χ3n) is 9.33. The smallest absolute Gasteiger partial charge is 0.269 e. The summed E-state index contributed by atoms with van der Waals surface area (Å²) in [6.07, 6.45) is 2.71. The van der Waals surface area contributed by atoms with Crippen molar-refractivity contribution < 1.29 is 38.1 Å². The number of carbonyl (C=O) groups is 6. The first kappa shape index (κ1) is 36.1. The minimum absolute atomic E-state index is 0.00719. The van der Waals surface area contributed by atoms with E-state index in [1.165, 1.54) is 30.3 Å². The van der Waals surface area contributed by atoms with E-state index in [1.54, 1.807) is 42.7 Å². The monoisotopic (exact) mass is 740 g/mol. The molecular weight excluding hydrogens is 708 g/mol. The van der Waals surface area contributed by atoms with Gasteiger partial charge in [0.2, 0.25) is 11.8 Å². The Balaban J connectivity index is 0.908. The maximum absolute atomic E-state index is 13.1. The Morgan fingerprint density at radius 3 is 2.07 bits per heavy atom. The minimum atomic E-state index is -1.09. The molecule has 0 aliphatic carbocycles. The molecule has 1 unspecified atom stereocenters. The van der Waals surface area contributed by atoms with Gasteiger partial charge in [-0.3, -0.25) is 49.1 Å². The van der Waals surface area contributed by atoms with E-state index >= 15 is 0 Å². The van der Waals surface area contributed by atoms with Gasteiger partial charge in [0.1, 0.15) is 11.7 Å². The predicted octanol–water partition coefficient (Wildman–Crippen LogP) is 4.93. The van der Waals surface area contributed by atoms with Crippen molar-refractivity contribution >= 4 is 41.1 Å². The number of aromatic nitrogens is 1. The van der Waals surface area contributed by atoms with Gasteiger partial charge < -0.3 is 15.1 Å². The molecule has 3 N–H and O–H groups in total. The Bertz CT molecular complexity index is 2360. The Labute approximate surface area is 312 Å². The van der Waals surface area contributed by atoms with E-state index in [-0.39, 0.29) is 41.1 Å². The van der Waals surface area contributed by atoms with E-state index in [1.807, 2.05) is 24.3 Å². The van der Waals surface area contributed by atoms with Crippen LogP contribution in [0.15, 0.2) is 102 Å². The standard InChI is InChI=1S/C40H32N6O9/c47-35-16-15-33(38(50)44-35)45-39(51)29-14-11-26(20-30(29)40(45)52)37(49)42-18-2-1-17-41-36(48)25-7-5-23(6-8-25)27-21-31(24-9-12-28(13-10-24)46(53)54)43-32(22-27)34-4-3-19-55-34/h3-14,19-22,33H,1-2,15-18H2,(H,41,48)(H,42,49)(H,44,47,50). The van der Waals surface area contributed by atoms with Gasteiger partial charge in [0.05, 0.1) is 28.0 Å². The summed E-state index contributed by atoms with van der Waals surface area (Å²) in [7, 11) is 0. The Morgan fingerprint density at radius 2 is 1.42 bits per heavy atom. The molecule has 2 aliphatic rings. The molecule has 4 heterocycles. The number of imide groups is 2. The van der Waals surface area contributed by atoms with Crippen molar-refractivity contribution in [3.63, 3.8) is 0 Å². The fraction of sp³-hybridized carbons (Fsp3) is 0.175. The largest absolute Gasteiger partial charge is 0.463 e. The minimum Gasteiger partial charge on any atom is -0.463 e. The topological polar surface area (TPSA) is 211 Å². The number of furan rings is 1. The first-order chi connectivity index (χ1) is 26.6. The van der Waals surface area contributed by atoms with Crippen LogP contribution in [0.2, 0.25) is 0 Å². The Hall–Kier alpha value is -7.29. The molecule has 7 rings (SSSR count). The number of hydrogen-bond donors (Lipinski definition) is 3. The highest BCUT2D eigenvalue weighted by atomic mass is 16.6. The zero-order valence-electron chi connectivity index (χ0n) is 29.1. The van der Waals surface area contributed by atoms with Gasteiger partial charge in [-0.15, -0.1) is 0 Å². The molecule has 2 aliphatic heterocycles. The molecule has 0 spiro atoms. The molecule has 0 saturated carbocycles. The SMILES string of the molecule is O=C1CCC(N2C(=O)c3ccc(C(=O)NCCCCNC(=O)c4ccc(-c5cc(-c6ccc([N+](=O)[O-])cc6)nc(-c6ccco6)c5)cc4)cc3C2=O)C(=O)N1. The first-order valence-corrected chi connectivity index (χ1v) is 17.4. The number of pyridine rings is 1. The van der Waals surface area contributed by atoms with Crippen LogP contribution in [0.1, 0.15) is 67.1 Å². The van der Waals surface area contributed by atoms with Crippen LogP contribution in [0.25, 0.3) is 33.8 Å². The number of hydrogen-bond acceptors (Lipinski definition) is 10. The summed E-state index contributed by atoms with van der Waals surface area (Å²) in [5, 5.41) is 18.9. The lowest BCUT2D eigenvalue weighted by molar-refractivity contribution is -0.384. The summed E-state index contributed by atoms with van der Waals surface area (Å²) in [5.41, 5.74) is 4.18. The van der Waals surface area contributed by atoms with E-state index in [2.05, 4.69) is 16.0 Å². The molecule has 2 aromatic heterocycles. The maximum Gasteiger partial charge on any atom is 0.269 e. The third kappa shape index (κ3) is 7.62. The van der Waals surface area contributed by atoms with Crippen molar-refractivity contribution in [2.45, 2.75) is 31.7 Å². The number of rotatable bonds is 12. The van der Waals surface area contributed by atoms with Crippen molar-refractivity contribution in [1.29, 1.82) is 0 Å². The van der Waals surface area contributed by atoms with Crippen LogP contribution in [0.3, 0.4) is 0 Å². The van der Waals surface area contributed by atoms with Crippen LogP contribution in [0, 0.1) is 10.1 Å². The van der Waals surface area contributed by atoms with E-state index in [4.69, 9.17) is 9.40 Å². The van der Waals surface area contributed by atoms with Crippen LogP contribution >= 0.6 is 0 Å². The van der Waals surface area contributed by atoms with Gasteiger partial charge in [0.15, 0.2) is 5.76 Å². The molecule has 1 fully saturated rings.